The molecule has 38 heavy (non-hydrogen) atoms. The third-order valence-electron chi connectivity index (χ3n) is 5.70. The molecule has 1 amide bonds. The van der Waals surface area contributed by atoms with Crippen LogP contribution in [0.1, 0.15) is 27.2 Å². The first-order valence-corrected chi connectivity index (χ1v) is 12.1. The predicted octanol–water partition coefficient (Wildman–Crippen LogP) is 5.51. The van der Waals surface area contributed by atoms with Gasteiger partial charge in [0.2, 0.25) is 0 Å². The van der Waals surface area contributed by atoms with Crippen molar-refractivity contribution in [1.82, 2.24) is 29.5 Å². The third-order valence-corrected chi connectivity index (χ3v) is 6.73. The molecule has 0 spiro atoms. The number of imidazole rings is 1. The first kappa shape index (κ1) is 25.1. The standard InChI is InChI=1S/C25H21F3N8OS/c1-14-4-5-18(9-21(14)36-12-20(33-34-36)22-10-30-24(29-3)38-22)32-23(37)16-6-17(25(26,27)28)8-19(7-16)35-11-15(2)31-13-35/h4-13H,1-3H3,(H,29,30)(H,32,37). The number of hydrogen-bond acceptors (Lipinski definition) is 7. The van der Waals surface area contributed by atoms with Crippen LogP contribution in [0.4, 0.5) is 24.0 Å². The van der Waals surface area contributed by atoms with Gasteiger partial charge in [0, 0.05) is 36.4 Å². The molecule has 0 unspecified atom stereocenters. The molecule has 3 heterocycles. The Morgan fingerprint density at radius 2 is 1.87 bits per heavy atom. The number of rotatable bonds is 6. The quantitative estimate of drug-likeness (QED) is 0.296. The second-order valence-electron chi connectivity index (χ2n) is 8.47. The van der Waals surface area contributed by atoms with Gasteiger partial charge < -0.3 is 15.2 Å². The molecule has 2 aromatic carbocycles. The van der Waals surface area contributed by atoms with Crippen molar-refractivity contribution in [2.45, 2.75) is 20.0 Å². The van der Waals surface area contributed by atoms with Crippen LogP contribution in [0.2, 0.25) is 0 Å². The van der Waals surface area contributed by atoms with Crippen LogP contribution in [0.25, 0.3) is 21.9 Å². The minimum Gasteiger partial charge on any atom is -0.365 e. The molecule has 13 heteroatoms. The van der Waals surface area contributed by atoms with Crippen LogP contribution >= 0.6 is 11.3 Å². The minimum atomic E-state index is -4.63. The van der Waals surface area contributed by atoms with Gasteiger partial charge in [0.25, 0.3) is 5.91 Å². The average Bonchev–Trinajstić information content (AvgIpc) is 3.65. The highest BCUT2D eigenvalue weighted by Gasteiger charge is 2.32. The Kier molecular flexibility index (Phi) is 6.45. The number of aromatic nitrogens is 6. The number of aryl methyl sites for hydroxylation is 2. The number of nitrogens with zero attached hydrogens (tertiary/aromatic N) is 6. The maximum atomic E-state index is 13.6. The molecule has 0 radical (unpaired) electrons. The van der Waals surface area contributed by atoms with Crippen molar-refractivity contribution in [2.75, 3.05) is 17.7 Å². The summed E-state index contributed by atoms with van der Waals surface area (Å²) in [5, 5.41) is 14.8. The summed E-state index contributed by atoms with van der Waals surface area (Å²) in [6.07, 6.45) is 1.79. The van der Waals surface area contributed by atoms with E-state index in [2.05, 4.69) is 30.9 Å². The summed E-state index contributed by atoms with van der Waals surface area (Å²) < 4.78 is 43.8. The zero-order valence-corrected chi connectivity index (χ0v) is 21.2. The molecule has 3 aromatic heterocycles. The number of benzene rings is 2. The maximum absolute atomic E-state index is 13.6. The zero-order chi connectivity index (χ0) is 27.0. The third kappa shape index (κ3) is 5.13. The van der Waals surface area contributed by atoms with E-state index in [1.807, 2.05) is 6.92 Å². The molecule has 194 valence electrons. The Morgan fingerprint density at radius 1 is 1.05 bits per heavy atom. The lowest BCUT2D eigenvalue weighted by atomic mass is 10.1. The van der Waals surface area contributed by atoms with E-state index in [0.29, 0.717) is 22.8 Å². The average molecular weight is 539 g/mol. The smallest absolute Gasteiger partial charge is 0.365 e. The topological polar surface area (TPSA) is 103 Å². The number of alkyl halides is 3. The van der Waals surface area contributed by atoms with Crippen LogP contribution in [0.3, 0.4) is 0 Å². The summed E-state index contributed by atoms with van der Waals surface area (Å²) >= 11 is 1.43. The highest BCUT2D eigenvalue weighted by molar-refractivity contribution is 7.18. The Labute approximate surface area is 219 Å². The van der Waals surface area contributed by atoms with E-state index < -0.39 is 17.6 Å². The van der Waals surface area contributed by atoms with Crippen molar-refractivity contribution in [2.24, 2.45) is 0 Å². The van der Waals surface area contributed by atoms with Crippen molar-refractivity contribution >= 4 is 28.1 Å². The molecule has 0 aliphatic carbocycles. The molecular formula is C25H21F3N8OS. The van der Waals surface area contributed by atoms with Gasteiger partial charge in [0.15, 0.2) is 5.13 Å². The van der Waals surface area contributed by atoms with Crippen LogP contribution in [0.5, 0.6) is 0 Å². The highest BCUT2D eigenvalue weighted by atomic mass is 32.1. The SMILES string of the molecule is CNc1ncc(-c2cn(-c3cc(NC(=O)c4cc(-n5cnc(C)c5)cc(C(F)(F)F)c4)ccc3C)nn2)s1. The largest absolute Gasteiger partial charge is 0.416 e. The molecule has 0 aliphatic heterocycles. The Morgan fingerprint density at radius 3 is 2.55 bits per heavy atom. The summed E-state index contributed by atoms with van der Waals surface area (Å²) in [4.78, 5) is 22.2. The number of anilines is 2. The zero-order valence-electron chi connectivity index (χ0n) is 20.4. The maximum Gasteiger partial charge on any atom is 0.416 e. The van der Waals surface area contributed by atoms with E-state index in [1.165, 1.54) is 28.3 Å². The van der Waals surface area contributed by atoms with Gasteiger partial charge in [-0.1, -0.05) is 22.6 Å². The van der Waals surface area contributed by atoms with Crippen LogP contribution in [0.15, 0.2) is 61.3 Å². The summed E-state index contributed by atoms with van der Waals surface area (Å²) in [7, 11) is 1.78. The fourth-order valence-corrected chi connectivity index (χ4v) is 4.48. The van der Waals surface area contributed by atoms with Crippen molar-refractivity contribution in [3.8, 4) is 21.9 Å². The molecule has 9 nitrogen and oxygen atoms in total. The normalized spacial score (nSPS) is 11.5. The Hall–Kier alpha value is -4.52. The van der Waals surface area contributed by atoms with Gasteiger partial charge in [0.05, 0.1) is 34.3 Å². The number of hydrogen-bond donors (Lipinski definition) is 2. The monoisotopic (exact) mass is 538 g/mol. The molecular weight excluding hydrogens is 517 g/mol. The van der Waals surface area contributed by atoms with Gasteiger partial charge in [-0.15, -0.1) is 5.10 Å². The van der Waals surface area contributed by atoms with Crippen molar-refractivity contribution in [3.63, 3.8) is 0 Å². The van der Waals surface area contributed by atoms with Gasteiger partial charge in [-0.25, -0.2) is 14.6 Å². The molecule has 2 N–H and O–H groups in total. The molecule has 0 saturated heterocycles. The fourth-order valence-electron chi connectivity index (χ4n) is 3.76. The minimum absolute atomic E-state index is 0.142. The van der Waals surface area contributed by atoms with E-state index in [9.17, 15) is 18.0 Å². The van der Waals surface area contributed by atoms with E-state index in [-0.39, 0.29) is 11.3 Å². The second kappa shape index (κ2) is 9.74. The van der Waals surface area contributed by atoms with E-state index in [4.69, 9.17) is 0 Å². The van der Waals surface area contributed by atoms with E-state index >= 15 is 0 Å². The highest BCUT2D eigenvalue weighted by Crippen LogP contribution is 2.32. The van der Waals surface area contributed by atoms with Crippen molar-refractivity contribution in [3.05, 3.63) is 83.7 Å². The molecule has 5 rings (SSSR count). The van der Waals surface area contributed by atoms with Gasteiger partial charge in [-0.05, 0) is 49.7 Å². The number of carbonyl (C=O) groups is 1. The summed E-state index contributed by atoms with van der Waals surface area (Å²) in [5.41, 5.74) is 2.26. The predicted molar refractivity (Wildman–Crippen MR) is 138 cm³/mol. The Bertz CT molecular complexity index is 1640. The number of carbonyl (C=O) groups excluding carboxylic acids is 1. The molecule has 5 aromatic rings. The van der Waals surface area contributed by atoms with Crippen LogP contribution in [-0.2, 0) is 6.18 Å². The lowest BCUT2D eigenvalue weighted by molar-refractivity contribution is -0.137. The fraction of sp³-hybridized carbons (Fsp3) is 0.160. The van der Waals surface area contributed by atoms with Crippen LogP contribution < -0.4 is 10.6 Å². The summed E-state index contributed by atoms with van der Waals surface area (Å²) in [6.45, 7) is 3.60. The number of halogens is 3. The Balaban J connectivity index is 1.44. The summed E-state index contributed by atoms with van der Waals surface area (Å²) in [5.74, 6) is -0.687. The number of amides is 1. The molecule has 0 aliphatic rings. The first-order valence-electron chi connectivity index (χ1n) is 11.3. The summed E-state index contributed by atoms with van der Waals surface area (Å²) in [6, 6.07) is 8.33. The van der Waals surface area contributed by atoms with Crippen molar-refractivity contribution in [1.29, 1.82) is 0 Å². The first-order chi connectivity index (χ1) is 18.1. The van der Waals surface area contributed by atoms with Crippen molar-refractivity contribution < 1.29 is 18.0 Å². The van der Waals surface area contributed by atoms with Gasteiger partial charge in [0.1, 0.15) is 5.69 Å². The van der Waals surface area contributed by atoms with Gasteiger partial charge in [-0.3, -0.25) is 4.79 Å². The number of nitrogens with one attached hydrogen (secondary N) is 2. The molecule has 0 fully saturated rings. The number of thiazole rings is 1. The lowest BCUT2D eigenvalue weighted by Crippen LogP contribution is -2.15. The second-order valence-corrected chi connectivity index (χ2v) is 9.50. The van der Waals surface area contributed by atoms with Crippen LogP contribution in [0, 0.1) is 13.8 Å². The lowest BCUT2D eigenvalue weighted by Gasteiger charge is -2.14. The molecule has 0 atom stereocenters. The van der Waals surface area contributed by atoms with Gasteiger partial charge >= 0.3 is 6.18 Å². The van der Waals surface area contributed by atoms with Gasteiger partial charge in [-0.2, -0.15) is 13.2 Å². The van der Waals surface area contributed by atoms with E-state index in [0.717, 1.165) is 27.7 Å². The van der Waals surface area contributed by atoms with E-state index in [1.54, 1.807) is 55.4 Å². The molecule has 0 saturated carbocycles. The van der Waals surface area contributed by atoms with Crippen LogP contribution in [-0.4, -0.2) is 42.5 Å². The molecule has 0 bridgehead atoms.